The van der Waals surface area contributed by atoms with Crippen LogP contribution in [0.5, 0.6) is 5.75 Å². The number of fused-ring (bicyclic) bond motifs is 1. The van der Waals surface area contributed by atoms with Crippen molar-refractivity contribution in [3.05, 3.63) is 106 Å². The molecule has 0 radical (unpaired) electrons. The van der Waals surface area contributed by atoms with Gasteiger partial charge in [0.05, 0.1) is 17.4 Å². The number of aromatic hydroxyl groups is 1. The van der Waals surface area contributed by atoms with Crippen molar-refractivity contribution in [3.63, 3.8) is 0 Å². The molecule has 4 aromatic rings. The summed E-state index contributed by atoms with van der Waals surface area (Å²) in [6, 6.07) is 19.5. The number of nitrogens with one attached hydrogen (secondary N) is 2. The van der Waals surface area contributed by atoms with Crippen LogP contribution in [-0.2, 0) is 30.9 Å². The molecular formula is C26H24N4O6. The third-order valence-electron chi connectivity index (χ3n) is 5.43. The van der Waals surface area contributed by atoms with Crippen molar-refractivity contribution in [2.45, 2.75) is 26.1 Å². The largest absolute Gasteiger partial charge is 0.507 e. The van der Waals surface area contributed by atoms with Gasteiger partial charge in [0.2, 0.25) is 5.91 Å². The predicted octanol–water partition coefficient (Wildman–Crippen LogP) is 2.36. The molecule has 36 heavy (non-hydrogen) atoms. The Kier molecular flexibility index (Phi) is 7.45. The maximum Gasteiger partial charge on any atom is 0.404 e. The number of amides is 2. The fraction of sp³-hybridized carbons (Fsp3) is 0.154. The highest BCUT2D eigenvalue weighted by Gasteiger charge is 2.20. The average Bonchev–Trinajstić information content (AvgIpc) is 2.89. The molecule has 4 rings (SSSR count). The van der Waals surface area contributed by atoms with Crippen molar-refractivity contribution in [1.29, 1.82) is 0 Å². The van der Waals surface area contributed by atoms with Gasteiger partial charge in [-0.15, -0.1) is 4.73 Å². The molecule has 4 N–H and O–H groups in total. The van der Waals surface area contributed by atoms with E-state index in [1.54, 1.807) is 36.4 Å². The van der Waals surface area contributed by atoms with Crippen LogP contribution in [0.3, 0.4) is 0 Å². The maximum absolute atomic E-state index is 13.2. The number of aromatic nitrogens is 2. The molecule has 0 aliphatic heterocycles. The monoisotopic (exact) mass is 488 g/mol. The number of rotatable bonds is 9. The van der Waals surface area contributed by atoms with E-state index in [1.807, 2.05) is 30.3 Å². The van der Waals surface area contributed by atoms with Crippen LogP contribution in [0.2, 0.25) is 0 Å². The van der Waals surface area contributed by atoms with E-state index in [-0.39, 0.29) is 48.5 Å². The van der Waals surface area contributed by atoms with Gasteiger partial charge in [-0.25, -0.2) is 9.78 Å². The van der Waals surface area contributed by atoms with E-state index in [1.165, 1.54) is 6.20 Å². The lowest BCUT2D eigenvalue weighted by Crippen LogP contribution is -2.33. The summed E-state index contributed by atoms with van der Waals surface area (Å²) in [6.45, 7) is 0.392. The van der Waals surface area contributed by atoms with Crippen molar-refractivity contribution in [2.75, 3.05) is 0 Å². The summed E-state index contributed by atoms with van der Waals surface area (Å²) in [6.07, 6.45) is -0.0157. The van der Waals surface area contributed by atoms with Crippen LogP contribution in [-0.4, -0.2) is 31.9 Å². The van der Waals surface area contributed by atoms with Crippen LogP contribution in [0.1, 0.15) is 22.3 Å². The van der Waals surface area contributed by atoms with E-state index in [9.17, 15) is 19.5 Å². The van der Waals surface area contributed by atoms with Crippen molar-refractivity contribution in [1.82, 2.24) is 20.3 Å². The van der Waals surface area contributed by atoms with Gasteiger partial charge >= 0.3 is 6.09 Å². The van der Waals surface area contributed by atoms with E-state index in [0.717, 1.165) is 21.4 Å². The third-order valence-corrected chi connectivity index (χ3v) is 5.43. The third kappa shape index (κ3) is 5.79. The highest BCUT2D eigenvalue weighted by Crippen LogP contribution is 2.25. The minimum absolute atomic E-state index is 0.0932. The van der Waals surface area contributed by atoms with Crippen LogP contribution >= 0.6 is 0 Å². The molecule has 2 heterocycles. The zero-order valence-electron chi connectivity index (χ0n) is 19.2. The molecule has 0 bridgehead atoms. The normalized spacial score (nSPS) is 10.7. The molecule has 2 aromatic carbocycles. The molecule has 0 fully saturated rings. The van der Waals surface area contributed by atoms with E-state index in [4.69, 9.17) is 9.94 Å². The van der Waals surface area contributed by atoms with E-state index in [2.05, 4.69) is 15.6 Å². The summed E-state index contributed by atoms with van der Waals surface area (Å²) in [5.41, 5.74) is 1.69. The SMILES string of the molecule is O=C(O)NCc1cccc(CNC(=O)Cc2c(O)c3cccnc3n(OCc3ccccc3)c2=O)c1. The number of carboxylic acid groups (broad SMARTS) is 1. The Morgan fingerprint density at radius 2 is 1.61 bits per heavy atom. The molecule has 10 heteroatoms. The highest BCUT2D eigenvalue weighted by atomic mass is 16.7. The Labute approximate surface area is 205 Å². The number of hydrogen-bond donors (Lipinski definition) is 4. The van der Waals surface area contributed by atoms with Gasteiger partial charge in [0.15, 0.2) is 5.65 Å². The van der Waals surface area contributed by atoms with Gasteiger partial charge < -0.3 is 25.7 Å². The first-order chi connectivity index (χ1) is 17.4. The van der Waals surface area contributed by atoms with Crippen LogP contribution in [0, 0.1) is 0 Å². The lowest BCUT2D eigenvalue weighted by molar-refractivity contribution is -0.120. The van der Waals surface area contributed by atoms with E-state index in [0.29, 0.717) is 0 Å². The molecule has 0 saturated heterocycles. The van der Waals surface area contributed by atoms with Crippen molar-refractivity contribution in [3.8, 4) is 5.75 Å². The smallest absolute Gasteiger partial charge is 0.404 e. The summed E-state index contributed by atoms with van der Waals surface area (Å²) >= 11 is 0. The summed E-state index contributed by atoms with van der Waals surface area (Å²) in [5, 5.41) is 24.8. The number of benzene rings is 2. The first kappa shape index (κ1) is 24.3. The van der Waals surface area contributed by atoms with Crippen LogP contribution in [0.15, 0.2) is 77.7 Å². The maximum atomic E-state index is 13.2. The number of carbonyl (C=O) groups excluding carboxylic acids is 1. The van der Waals surface area contributed by atoms with Crippen molar-refractivity contribution >= 4 is 23.0 Å². The van der Waals surface area contributed by atoms with Gasteiger partial charge in [0.1, 0.15) is 12.4 Å². The molecule has 184 valence electrons. The Morgan fingerprint density at radius 1 is 0.917 bits per heavy atom. The second kappa shape index (κ2) is 11.0. The molecule has 0 unspecified atom stereocenters. The van der Waals surface area contributed by atoms with Crippen LogP contribution in [0.25, 0.3) is 11.0 Å². The molecule has 0 aliphatic carbocycles. The molecule has 2 amide bonds. The lowest BCUT2D eigenvalue weighted by Gasteiger charge is -2.15. The molecule has 0 atom stereocenters. The highest BCUT2D eigenvalue weighted by molar-refractivity contribution is 5.86. The first-order valence-electron chi connectivity index (χ1n) is 11.1. The molecule has 0 spiro atoms. The Morgan fingerprint density at radius 3 is 2.33 bits per heavy atom. The minimum atomic E-state index is -1.13. The molecule has 0 aliphatic rings. The number of pyridine rings is 2. The topological polar surface area (TPSA) is 143 Å². The zero-order chi connectivity index (χ0) is 25.5. The van der Waals surface area contributed by atoms with E-state index >= 15 is 0 Å². The van der Waals surface area contributed by atoms with Gasteiger partial charge in [-0.3, -0.25) is 9.59 Å². The Bertz CT molecular complexity index is 1450. The van der Waals surface area contributed by atoms with Gasteiger partial charge in [-0.2, -0.15) is 0 Å². The van der Waals surface area contributed by atoms with Crippen LogP contribution < -0.4 is 21.0 Å². The summed E-state index contributed by atoms with van der Waals surface area (Å²) < 4.78 is 1.00. The predicted molar refractivity (Wildman–Crippen MR) is 131 cm³/mol. The molecule has 2 aromatic heterocycles. The minimum Gasteiger partial charge on any atom is -0.507 e. The standard InChI is InChI=1S/C26H24N4O6/c31-22(28-14-18-8-4-9-19(12-18)15-29-26(34)35)13-21-23(32)20-10-5-11-27-24(20)30(25(21)33)36-16-17-6-2-1-3-7-17/h1-12,29,32H,13-16H2,(H,28,31)(H,34,35). The molecular weight excluding hydrogens is 464 g/mol. The number of nitrogens with zero attached hydrogens (tertiary/aromatic N) is 2. The van der Waals surface area contributed by atoms with Crippen LogP contribution in [0.4, 0.5) is 4.79 Å². The van der Waals surface area contributed by atoms with Crippen molar-refractivity contribution < 1.29 is 24.6 Å². The van der Waals surface area contributed by atoms with E-state index < -0.39 is 17.6 Å². The Balaban J connectivity index is 1.52. The molecule has 10 nitrogen and oxygen atoms in total. The zero-order valence-corrected chi connectivity index (χ0v) is 19.2. The van der Waals surface area contributed by atoms with Gasteiger partial charge in [0.25, 0.3) is 5.56 Å². The fourth-order valence-corrected chi connectivity index (χ4v) is 3.67. The van der Waals surface area contributed by atoms with Gasteiger partial charge in [-0.05, 0) is 28.8 Å². The number of hydrogen-bond acceptors (Lipinski definition) is 6. The fourth-order valence-electron chi connectivity index (χ4n) is 3.67. The first-order valence-corrected chi connectivity index (χ1v) is 11.1. The second-order valence-electron chi connectivity index (χ2n) is 7.99. The summed E-state index contributed by atoms with van der Waals surface area (Å²) in [4.78, 5) is 46.5. The average molecular weight is 489 g/mol. The summed E-state index contributed by atoms with van der Waals surface area (Å²) in [7, 11) is 0. The molecule has 0 saturated carbocycles. The number of carbonyl (C=O) groups is 2. The lowest BCUT2D eigenvalue weighted by atomic mass is 10.1. The second-order valence-corrected chi connectivity index (χ2v) is 7.99. The van der Waals surface area contributed by atoms with Gasteiger partial charge in [-0.1, -0.05) is 54.6 Å². The Hall–Kier alpha value is -4.86. The van der Waals surface area contributed by atoms with Gasteiger partial charge in [0, 0.05) is 19.3 Å². The van der Waals surface area contributed by atoms with Crippen molar-refractivity contribution in [2.24, 2.45) is 0 Å². The summed E-state index contributed by atoms with van der Waals surface area (Å²) in [5.74, 6) is -0.797. The quantitative estimate of drug-likeness (QED) is 0.283.